The molecule has 0 amide bonds. The van der Waals surface area contributed by atoms with Gasteiger partial charge in [-0.1, -0.05) is 13.8 Å². The molecule has 0 bridgehead atoms. The zero-order valence-electron chi connectivity index (χ0n) is 9.20. The van der Waals surface area contributed by atoms with Gasteiger partial charge in [0.2, 0.25) is 0 Å². The Morgan fingerprint density at radius 2 is 2.20 bits per heavy atom. The summed E-state index contributed by atoms with van der Waals surface area (Å²) in [5, 5.41) is 8.88. The molecule has 3 nitrogen and oxygen atoms in total. The highest BCUT2D eigenvalue weighted by Gasteiger charge is 2.23. The predicted molar refractivity (Wildman–Crippen MR) is 60.0 cm³/mol. The van der Waals surface area contributed by atoms with Crippen molar-refractivity contribution in [3.8, 4) is 6.07 Å². The van der Waals surface area contributed by atoms with Gasteiger partial charge in [0.25, 0.3) is 0 Å². The van der Waals surface area contributed by atoms with E-state index in [1.165, 1.54) is 0 Å². The number of hydrogen-bond acceptors (Lipinski definition) is 3. The zero-order valence-corrected chi connectivity index (χ0v) is 10.0. The predicted octanol–water partition coefficient (Wildman–Crippen LogP) is 1.95. The molecule has 1 atom stereocenters. The van der Waals surface area contributed by atoms with Crippen LogP contribution in [0.4, 0.5) is 0 Å². The molecule has 1 unspecified atom stereocenters. The summed E-state index contributed by atoms with van der Waals surface area (Å²) in [5.41, 5.74) is 2.16. The molecule has 1 aliphatic heterocycles. The number of rotatable bonds is 0. The fraction of sp³-hybridized carbons (Fsp3) is 0.455. The van der Waals surface area contributed by atoms with Gasteiger partial charge in [0.15, 0.2) is 0 Å². The van der Waals surface area contributed by atoms with Crippen LogP contribution < -0.4 is 0 Å². The number of nitrogens with zero attached hydrogens (tertiary/aromatic N) is 2. The average Bonchev–Trinajstić information content (AvgIpc) is 2.64. The summed E-state index contributed by atoms with van der Waals surface area (Å²) < 4.78 is 11.5. The van der Waals surface area contributed by atoms with E-state index in [9.17, 15) is 4.21 Å². The fourth-order valence-corrected chi connectivity index (χ4v) is 2.97. The van der Waals surface area contributed by atoms with Crippen LogP contribution in [0.15, 0.2) is 11.1 Å². The molecule has 4 heteroatoms. The van der Waals surface area contributed by atoms with Crippen LogP contribution in [0, 0.1) is 18.3 Å². The number of nitriles is 1. The van der Waals surface area contributed by atoms with Gasteiger partial charge in [-0.15, -0.1) is 0 Å². The van der Waals surface area contributed by atoms with Gasteiger partial charge in [0.05, 0.1) is 27.0 Å². The van der Waals surface area contributed by atoms with E-state index in [-0.39, 0.29) is 0 Å². The van der Waals surface area contributed by atoms with Crippen molar-refractivity contribution < 1.29 is 4.21 Å². The molecule has 0 saturated carbocycles. The van der Waals surface area contributed by atoms with Crippen molar-refractivity contribution in [1.82, 2.24) is 4.98 Å². The summed E-state index contributed by atoms with van der Waals surface area (Å²) in [6, 6.07) is 2.07. The normalized spacial score (nSPS) is 17.3. The topological polar surface area (TPSA) is 53.8 Å². The number of hydrogen-bond donors (Lipinski definition) is 0. The van der Waals surface area contributed by atoms with Crippen molar-refractivity contribution in [3.05, 3.63) is 23.0 Å². The van der Waals surface area contributed by atoms with E-state index in [0.29, 0.717) is 17.0 Å². The molecule has 2 heterocycles. The molecule has 0 saturated heterocycles. The van der Waals surface area contributed by atoms with Crippen LogP contribution in [0.2, 0.25) is 0 Å². The maximum absolute atomic E-state index is 11.5. The highest BCUT2D eigenvalue weighted by atomic mass is 32.2. The van der Waals surface area contributed by atoms with Crippen LogP contribution in [0.25, 0.3) is 0 Å². The zero-order chi connectivity index (χ0) is 11.4. The summed E-state index contributed by atoms with van der Waals surface area (Å²) in [7, 11) is -0.982. The van der Waals surface area contributed by atoms with Crippen LogP contribution in [0.3, 0.4) is 0 Å². The van der Waals surface area contributed by atoms with Gasteiger partial charge < -0.3 is 0 Å². The second kappa shape index (κ2) is 5.04. The first-order chi connectivity index (χ1) is 7.24. The van der Waals surface area contributed by atoms with Crippen molar-refractivity contribution in [3.63, 3.8) is 0 Å². The Morgan fingerprint density at radius 1 is 1.53 bits per heavy atom. The van der Waals surface area contributed by atoms with Crippen molar-refractivity contribution in [2.45, 2.75) is 32.1 Å². The smallest absolute Gasteiger partial charge is 0.102 e. The SMILES string of the molecule is CC.Cc1ncc2c(c1C#N)S(=O)CC2. The Labute approximate surface area is 92.6 Å². The molecule has 0 fully saturated rings. The molecule has 0 radical (unpaired) electrons. The van der Waals surface area contributed by atoms with Gasteiger partial charge in [-0.3, -0.25) is 9.19 Å². The van der Waals surface area contributed by atoms with E-state index >= 15 is 0 Å². The summed E-state index contributed by atoms with van der Waals surface area (Å²) >= 11 is 0. The molecule has 1 aliphatic rings. The second-order valence-electron chi connectivity index (χ2n) is 2.98. The fourth-order valence-electron chi connectivity index (χ4n) is 1.50. The van der Waals surface area contributed by atoms with Crippen molar-refractivity contribution in [1.29, 1.82) is 5.26 Å². The Hall–Kier alpha value is -1.21. The summed E-state index contributed by atoms with van der Waals surface area (Å²) in [5.74, 6) is 0.634. The monoisotopic (exact) mass is 222 g/mol. The molecular formula is C11H14N2OS. The minimum Gasteiger partial charge on any atom is -0.260 e. The molecule has 1 aromatic heterocycles. The van der Waals surface area contributed by atoms with E-state index in [1.807, 2.05) is 13.8 Å². The first kappa shape index (κ1) is 11.9. The van der Waals surface area contributed by atoms with E-state index in [0.717, 1.165) is 16.9 Å². The average molecular weight is 222 g/mol. The number of aryl methyl sites for hydroxylation is 2. The number of pyridine rings is 1. The molecule has 15 heavy (non-hydrogen) atoms. The first-order valence-electron chi connectivity index (χ1n) is 5.01. The summed E-state index contributed by atoms with van der Waals surface area (Å²) in [6.07, 6.45) is 2.51. The van der Waals surface area contributed by atoms with E-state index in [1.54, 1.807) is 13.1 Å². The lowest BCUT2D eigenvalue weighted by Gasteiger charge is -2.01. The lowest BCUT2D eigenvalue weighted by Crippen LogP contribution is -1.97. The van der Waals surface area contributed by atoms with Gasteiger partial charge in [-0.05, 0) is 18.9 Å². The van der Waals surface area contributed by atoms with Crippen molar-refractivity contribution in [2.24, 2.45) is 0 Å². The molecule has 0 aliphatic carbocycles. The molecular weight excluding hydrogens is 208 g/mol. The molecule has 2 rings (SSSR count). The maximum atomic E-state index is 11.5. The van der Waals surface area contributed by atoms with Crippen LogP contribution in [-0.4, -0.2) is 14.9 Å². The van der Waals surface area contributed by atoms with Crippen LogP contribution in [0.5, 0.6) is 0 Å². The number of aromatic nitrogens is 1. The number of fused-ring (bicyclic) bond motifs is 1. The van der Waals surface area contributed by atoms with Gasteiger partial charge in [-0.25, -0.2) is 0 Å². The van der Waals surface area contributed by atoms with Gasteiger partial charge in [0, 0.05) is 11.9 Å². The third-order valence-electron chi connectivity index (χ3n) is 2.19. The van der Waals surface area contributed by atoms with E-state index < -0.39 is 10.8 Å². The maximum Gasteiger partial charge on any atom is 0.102 e. The summed E-state index contributed by atoms with van der Waals surface area (Å²) in [6.45, 7) is 5.77. The molecule has 80 valence electrons. The van der Waals surface area contributed by atoms with Gasteiger partial charge in [0.1, 0.15) is 6.07 Å². The Morgan fingerprint density at radius 3 is 2.80 bits per heavy atom. The summed E-state index contributed by atoms with van der Waals surface area (Å²) in [4.78, 5) is 4.82. The minimum atomic E-state index is -0.982. The van der Waals surface area contributed by atoms with Crippen LogP contribution >= 0.6 is 0 Å². The lowest BCUT2D eigenvalue weighted by atomic mass is 10.1. The van der Waals surface area contributed by atoms with E-state index in [2.05, 4.69) is 11.1 Å². The molecule has 0 spiro atoms. The highest BCUT2D eigenvalue weighted by Crippen LogP contribution is 2.26. The third kappa shape index (κ3) is 2.07. The largest absolute Gasteiger partial charge is 0.260 e. The quantitative estimate of drug-likeness (QED) is 0.674. The minimum absolute atomic E-state index is 0.508. The van der Waals surface area contributed by atoms with Gasteiger partial charge >= 0.3 is 0 Å². The standard InChI is InChI=1S/C9H8N2OS.C2H6/c1-6-8(4-10)9-7(5-11-6)2-3-13(9)12;1-2/h5H,2-3H2,1H3;1-2H3. The third-order valence-corrected chi connectivity index (χ3v) is 3.69. The lowest BCUT2D eigenvalue weighted by molar-refractivity contribution is 0.685. The van der Waals surface area contributed by atoms with Crippen LogP contribution in [0.1, 0.15) is 30.7 Å². The van der Waals surface area contributed by atoms with Gasteiger partial charge in [-0.2, -0.15) is 5.26 Å². The van der Waals surface area contributed by atoms with E-state index in [4.69, 9.17) is 5.26 Å². The Balaban J connectivity index is 0.000000531. The first-order valence-corrected chi connectivity index (χ1v) is 6.33. The second-order valence-corrected chi connectivity index (χ2v) is 4.49. The molecule has 1 aromatic rings. The van der Waals surface area contributed by atoms with Crippen molar-refractivity contribution in [2.75, 3.05) is 5.75 Å². The Kier molecular flexibility index (Phi) is 3.98. The highest BCUT2D eigenvalue weighted by molar-refractivity contribution is 7.85. The van der Waals surface area contributed by atoms with Crippen molar-refractivity contribution >= 4 is 10.8 Å². The molecule has 0 aromatic carbocycles. The van der Waals surface area contributed by atoms with Crippen LogP contribution in [-0.2, 0) is 17.2 Å². The Bertz CT molecular complexity index is 435. The molecule has 0 N–H and O–H groups in total.